The summed E-state index contributed by atoms with van der Waals surface area (Å²) in [6.45, 7) is 5.63. The van der Waals surface area contributed by atoms with Gasteiger partial charge >= 0.3 is 5.97 Å². The number of hydrogen-bond acceptors (Lipinski definition) is 5. The molecule has 150 valence electrons. The summed E-state index contributed by atoms with van der Waals surface area (Å²) in [6.07, 6.45) is 3.68. The third kappa shape index (κ3) is 5.49. The van der Waals surface area contributed by atoms with Crippen LogP contribution < -0.4 is 0 Å². The first-order valence-corrected chi connectivity index (χ1v) is 10.7. The number of carboxylic acids is 1. The maximum Gasteiger partial charge on any atom is 0.322 e. The number of unbranched alkanes of at least 4 members (excludes halogenated alkanes) is 1. The van der Waals surface area contributed by atoms with Gasteiger partial charge < -0.3 is 10.1 Å². The molecule has 0 aliphatic carbocycles. The SMILES string of the molecule is Cc1nc2c(CCCCS(=O)(=O)N(C)[C@@H](CC(C)C)C(=O)O)nccc2[nH]1. The molecule has 0 amide bonds. The summed E-state index contributed by atoms with van der Waals surface area (Å²) >= 11 is 0. The molecule has 0 saturated carbocycles. The highest BCUT2D eigenvalue weighted by molar-refractivity contribution is 7.89. The molecule has 0 aliphatic heterocycles. The Hall–Kier alpha value is -2.00. The molecule has 0 aromatic carbocycles. The Kier molecular flexibility index (Phi) is 6.94. The van der Waals surface area contributed by atoms with E-state index in [4.69, 9.17) is 0 Å². The summed E-state index contributed by atoms with van der Waals surface area (Å²) in [5.74, 6) is -0.290. The summed E-state index contributed by atoms with van der Waals surface area (Å²) in [7, 11) is -2.28. The molecule has 2 heterocycles. The van der Waals surface area contributed by atoms with Crippen molar-refractivity contribution in [1.82, 2.24) is 19.3 Å². The lowest BCUT2D eigenvalue weighted by Gasteiger charge is -2.25. The number of nitrogens with one attached hydrogen (secondary N) is 1. The molecular formula is C18H28N4O4S. The highest BCUT2D eigenvalue weighted by Gasteiger charge is 2.31. The molecule has 1 atom stereocenters. The van der Waals surface area contributed by atoms with Gasteiger partial charge in [-0.25, -0.2) is 13.4 Å². The fourth-order valence-corrected chi connectivity index (χ4v) is 4.48. The number of likely N-dealkylation sites (N-methyl/N-ethyl adjacent to an activating group) is 1. The standard InChI is InChI=1S/C18H28N4O4S/c1-12(2)11-16(18(23)24)22(4)27(25,26)10-6-5-7-14-17-15(8-9-19-14)20-13(3)21-17/h8-9,12,16H,5-7,10-11H2,1-4H3,(H,20,21)(H,23,24)/t16-/m0/s1. The number of carboxylic acid groups (broad SMARTS) is 1. The van der Waals surface area contributed by atoms with E-state index in [0.29, 0.717) is 19.3 Å². The second-order valence-corrected chi connectivity index (χ2v) is 9.40. The van der Waals surface area contributed by atoms with Crippen LogP contribution in [0.5, 0.6) is 0 Å². The zero-order valence-corrected chi connectivity index (χ0v) is 17.1. The average molecular weight is 397 g/mol. The molecule has 2 N–H and O–H groups in total. The van der Waals surface area contributed by atoms with Gasteiger partial charge in [-0.15, -0.1) is 0 Å². The van der Waals surface area contributed by atoms with Crippen LogP contribution in [0.3, 0.4) is 0 Å². The number of pyridine rings is 1. The predicted octanol–water partition coefficient (Wildman–Crippen LogP) is 2.35. The monoisotopic (exact) mass is 396 g/mol. The molecule has 2 aromatic heterocycles. The number of nitrogens with zero attached hydrogens (tertiary/aromatic N) is 3. The molecule has 0 radical (unpaired) electrons. The average Bonchev–Trinajstić information content (AvgIpc) is 2.96. The van der Waals surface area contributed by atoms with Crippen molar-refractivity contribution in [2.24, 2.45) is 5.92 Å². The summed E-state index contributed by atoms with van der Waals surface area (Å²) in [5.41, 5.74) is 2.58. The van der Waals surface area contributed by atoms with Gasteiger partial charge in [0.25, 0.3) is 0 Å². The number of imidazole rings is 1. The van der Waals surface area contributed by atoms with Crippen molar-refractivity contribution in [1.29, 1.82) is 0 Å². The summed E-state index contributed by atoms with van der Waals surface area (Å²) in [5, 5.41) is 9.35. The number of rotatable bonds is 10. The zero-order chi connectivity index (χ0) is 20.2. The number of hydrogen-bond donors (Lipinski definition) is 2. The van der Waals surface area contributed by atoms with Crippen LogP contribution in [0.4, 0.5) is 0 Å². The summed E-state index contributed by atoms with van der Waals surface area (Å²) in [4.78, 5) is 23.4. The molecule has 8 nitrogen and oxygen atoms in total. The van der Waals surface area contributed by atoms with Crippen LogP contribution in [0.15, 0.2) is 12.3 Å². The van der Waals surface area contributed by atoms with Crippen LogP contribution in [0.1, 0.15) is 44.6 Å². The summed E-state index contributed by atoms with van der Waals surface area (Å²) < 4.78 is 26.0. The smallest absolute Gasteiger partial charge is 0.322 e. The number of fused-ring (bicyclic) bond motifs is 1. The number of aryl methyl sites for hydroxylation is 2. The number of aliphatic carboxylic acids is 1. The van der Waals surface area contributed by atoms with E-state index in [2.05, 4.69) is 15.0 Å². The number of aromatic amines is 1. The van der Waals surface area contributed by atoms with Crippen molar-refractivity contribution in [3.05, 3.63) is 23.8 Å². The van der Waals surface area contributed by atoms with Crippen molar-refractivity contribution in [3.8, 4) is 0 Å². The van der Waals surface area contributed by atoms with Gasteiger partial charge in [-0.3, -0.25) is 9.78 Å². The number of carbonyl (C=O) groups is 1. The highest BCUT2D eigenvalue weighted by atomic mass is 32.2. The third-order valence-electron chi connectivity index (χ3n) is 4.52. The van der Waals surface area contributed by atoms with Gasteiger partial charge in [0.15, 0.2) is 0 Å². The quantitative estimate of drug-likeness (QED) is 0.596. The molecule has 2 aromatic rings. The first-order valence-electron chi connectivity index (χ1n) is 9.10. The van der Waals surface area contributed by atoms with E-state index in [1.165, 1.54) is 7.05 Å². The fraction of sp³-hybridized carbons (Fsp3) is 0.611. The maximum absolute atomic E-state index is 12.5. The minimum atomic E-state index is -3.63. The first-order chi connectivity index (χ1) is 12.6. The lowest BCUT2D eigenvalue weighted by Crippen LogP contribution is -2.44. The molecule has 2 rings (SSSR count). The predicted molar refractivity (Wildman–Crippen MR) is 104 cm³/mol. The minimum absolute atomic E-state index is 0.0824. The van der Waals surface area contributed by atoms with Gasteiger partial charge in [0, 0.05) is 13.2 Å². The Morgan fingerprint density at radius 1 is 1.33 bits per heavy atom. The van der Waals surface area contributed by atoms with Crippen LogP contribution in [-0.2, 0) is 21.2 Å². The second-order valence-electron chi connectivity index (χ2n) is 7.25. The first kappa shape index (κ1) is 21.3. The molecular weight excluding hydrogens is 368 g/mol. The second kappa shape index (κ2) is 8.79. The Balaban J connectivity index is 1.95. The van der Waals surface area contributed by atoms with E-state index >= 15 is 0 Å². The zero-order valence-electron chi connectivity index (χ0n) is 16.3. The van der Waals surface area contributed by atoms with Crippen LogP contribution in [0.25, 0.3) is 11.0 Å². The maximum atomic E-state index is 12.5. The van der Waals surface area contributed by atoms with E-state index < -0.39 is 22.0 Å². The Morgan fingerprint density at radius 2 is 2.04 bits per heavy atom. The van der Waals surface area contributed by atoms with Crippen molar-refractivity contribution in [3.63, 3.8) is 0 Å². The number of sulfonamides is 1. The van der Waals surface area contributed by atoms with Gasteiger partial charge in [-0.2, -0.15) is 4.31 Å². The molecule has 9 heteroatoms. The van der Waals surface area contributed by atoms with Gasteiger partial charge in [0.05, 0.1) is 17.0 Å². The molecule has 0 aliphatic rings. The van der Waals surface area contributed by atoms with Crippen LogP contribution in [-0.4, -0.2) is 57.6 Å². The van der Waals surface area contributed by atoms with Gasteiger partial charge in [0.2, 0.25) is 10.0 Å². The highest BCUT2D eigenvalue weighted by Crippen LogP contribution is 2.18. The molecule has 0 unspecified atom stereocenters. The van der Waals surface area contributed by atoms with Crippen molar-refractivity contribution >= 4 is 27.0 Å². The third-order valence-corrected chi connectivity index (χ3v) is 6.46. The minimum Gasteiger partial charge on any atom is -0.480 e. The molecule has 0 saturated heterocycles. The van der Waals surface area contributed by atoms with E-state index in [9.17, 15) is 18.3 Å². The van der Waals surface area contributed by atoms with Crippen molar-refractivity contribution in [2.75, 3.05) is 12.8 Å². The fourth-order valence-electron chi connectivity index (χ4n) is 3.06. The van der Waals surface area contributed by atoms with Crippen molar-refractivity contribution < 1.29 is 18.3 Å². The van der Waals surface area contributed by atoms with Crippen molar-refractivity contribution in [2.45, 2.75) is 52.5 Å². The summed E-state index contributed by atoms with van der Waals surface area (Å²) in [6, 6.07) is 0.830. The lowest BCUT2D eigenvalue weighted by atomic mass is 10.0. The van der Waals surface area contributed by atoms with E-state index in [0.717, 1.165) is 26.9 Å². The molecule has 0 spiro atoms. The number of aromatic nitrogens is 3. The Labute approximate surface area is 160 Å². The van der Waals surface area contributed by atoms with Gasteiger partial charge in [-0.05, 0) is 44.6 Å². The largest absolute Gasteiger partial charge is 0.480 e. The topological polar surface area (TPSA) is 116 Å². The van der Waals surface area contributed by atoms with Crippen LogP contribution >= 0.6 is 0 Å². The molecule has 27 heavy (non-hydrogen) atoms. The molecule has 0 bridgehead atoms. The molecule has 0 fully saturated rings. The Morgan fingerprint density at radius 3 is 2.67 bits per heavy atom. The Bertz CT molecular complexity index is 892. The normalized spacial score (nSPS) is 13.6. The van der Waals surface area contributed by atoms with E-state index in [1.54, 1.807) is 6.20 Å². The van der Waals surface area contributed by atoms with E-state index in [-0.39, 0.29) is 18.1 Å². The number of H-pyrrole nitrogens is 1. The van der Waals surface area contributed by atoms with E-state index in [1.807, 2.05) is 26.8 Å². The van der Waals surface area contributed by atoms with Gasteiger partial charge in [-0.1, -0.05) is 13.8 Å². The lowest BCUT2D eigenvalue weighted by molar-refractivity contribution is -0.141. The van der Waals surface area contributed by atoms with Gasteiger partial charge in [0.1, 0.15) is 17.4 Å². The van der Waals surface area contributed by atoms with Crippen LogP contribution in [0.2, 0.25) is 0 Å². The van der Waals surface area contributed by atoms with Crippen LogP contribution in [0, 0.1) is 12.8 Å².